The van der Waals surface area contributed by atoms with Crippen LogP contribution >= 0.6 is 11.6 Å². The van der Waals surface area contributed by atoms with Crippen LogP contribution in [0.15, 0.2) is 23.0 Å². The molecule has 2 rings (SSSR count). The van der Waals surface area contributed by atoms with Crippen LogP contribution in [0.5, 0.6) is 11.5 Å². The van der Waals surface area contributed by atoms with E-state index in [1.807, 2.05) is 6.07 Å². The number of aromatic nitrogens is 1. The topological polar surface area (TPSA) is 101 Å². The Labute approximate surface area is 161 Å². The molecule has 0 atom stereocenters. The van der Waals surface area contributed by atoms with Crippen LogP contribution in [0, 0.1) is 18.3 Å². The van der Waals surface area contributed by atoms with Crippen LogP contribution in [-0.2, 0) is 9.53 Å². The molecule has 7 nitrogen and oxygen atoms in total. The van der Waals surface area contributed by atoms with E-state index in [1.165, 1.54) is 6.07 Å². The predicted octanol–water partition coefficient (Wildman–Crippen LogP) is 3.22. The maximum absolute atomic E-state index is 12.1. The Balaban J connectivity index is 2.52. The Hall–Kier alpha value is -2.98. The highest BCUT2D eigenvalue weighted by Crippen LogP contribution is 2.39. The zero-order valence-electron chi connectivity index (χ0n) is 15.2. The number of H-pyrrole nitrogens is 1. The van der Waals surface area contributed by atoms with Crippen LogP contribution in [0.3, 0.4) is 0 Å². The minimum atomic E-state index is -0.517. The van der Waals surface area contributed by atoms with Gasteiger partial charge in [0, 0.05) is 22.9 Å². The van der Waals surface area contributed by atoms with E-state index in [0.29, 0.717) is 29.2 Å². The van der Waals surface area contributed by atoms with Crippen molar-refractivity contribution in [1.82, 2.24) is 4.98 Å². The smallest absolute Gasteiger partial charge is 0.344 e. The van der Waals surface area contributed by atoms with Gasteiger partial charge >= 0.3 is 5.97 Å². The minimum absolute atomic E-state index is 0.0508. The number of rotatable bonds is 7. The van der Waals surface area contributed by atoms with Crippen LogP contribution in [0.1, 0.15) is 25.1 Å². The van der Waals surface area contributed by atoms with Crippen LogP contribution in [-0.4, -0.2) is 30.8 Å². The van der Waals surface area contributed by atoms with Gasteiger partial charge in [0.25, 0.3) is 5.56 Å². The molecule has 0 aliphatic rings. The Morgan fingerprint density at radius 2 is 1.85 bits per heavy atom. The number of carbonyl (C=O) groups is 1. The number of aromatic amines is 1. The SMILES string of the molecule is CCOC(=O)COc1cc(Cl)c(-c2cc(C)[nH]c(=O)c2C#N)cc1OCC. The summed E-state index contributed by atoms with van der Waals surface area (Å²) in [6.45, 7) is 5.50. The summed E-state index contributed by atoms with van der Waals surface area (Å²) in [6, 6.07) is 6.63. The maximum Gasteiger partial charge on any atom is 0.344 e. The van der Waals surface area contributed by atoms with Crippen LogP contribution in [0.2, 0.25) is 5.02 Å². The summed E-state index contributed by atoms with van der Waals surface area (Å²) in [5.74, 6) is 0.0823. The third-order valence-electron chi connectivity index (χ3n) is 3.55. The van der Waals surface area contributed by atoms with Crippen molar-refractivity contribution in [2.45, 2.75) is 20.8 Å². The van der Waals surface area contributed by atoms with Gasteiger partial charge in [-0.3, -0.25) is 4.79 Å². The molecule has 0 aliphatic carbocycles. The molecule has 142 valence electrons. The third-order valence-corrected chi connectivity index (χ3v) is 3.87. The van der Waals surface area contributed by atoms with E-state index in [9.17, 15) is 14.9 Å². The molecule has 1 heterocycles. The molecule has 0 saturated heterocycles. The summed E-state index contributed by atoms with van der Waals surface area (Å²) in [6.07, 6.45) is 0. The van der Waals surface area contributed by atoms with Crippen LogP contribution < -0.4 is 15.0 Å². The second-order valence-electron chi connectivity index (χ2n) is 5.49. The first-order valence-electron chi connectivity index (χ1n) is 8.30. The van der Waals surface area contributed by atoms with Crippen molar-refractivity contribution in [2.75, 3.05) is 19.8 Å². The van der Waals surface area contributed by atoms with Crippen molar-refractivity contribution in [1.29, 1.82) is 5.26 Å². The van der Waals surface area contributed by atoms with Gasteiger partial charge in [-0.25, -0.2) is 4.79 Å². The second kappa shape index (κ2) is 9.10. The first kappa shape index (κ1) is 20.3. The molecule has 0 fully saturated rings. The predicted molar refractivity (Wildman–Crippen MR) is 100 cm³/mol. The van der Waals surface area contributed by atoms with E-state index < -0.39 is 11.5 Å². The van der Waals surface area contributed by atoms with Gasteiger partial charge in [0.1, 0.15) is 11.6 Å². The van der Waals surface area contributed by atoms with E-state index >= 15 is 0 Å². The average Bonchev–Trinajstić information content (AvgIpc) is 2.61. The molecule has 1 N–H and O–H groups in total. The van der Waals surface area contributed by atoms with E-state index in [4.69, 9.17) is 25.8 Å². The molecule has 2 aromatic rings. The Morgan fingerprint density at radius 1 is 1.15 bits per heavy atom. The molecular weight excluding hydrogens is 372 g/mol. The number of carbonyl (C=O) groups excluding carboxylic acids is 1. The van der Waals surface area contributed by atoms with Gasteiger partial charge in [-0.1, -0.05) is 11.6 Å². The highest BCUT2D eigenvalue weighted by Gasteiger charge is 2.18. The summed E-state index contributed by atoms with van der Waals surface area (Å²) < 4.78 is 15.9. The average molecular weight is 391 g/mol. The molecule has 0 unspecified atom stereocenters. The molecule has 0 aliphatic heterocycles. The second-order valence-corrected chi connectivity index (χ2v) is 5.89. The number of ether oxygens (including phenoxy) is 3. The lowest BCUT2D eigenvalue weighted by atomic mass is 10.0. The first-order valence-corrected chi connectivity index (χ1v) is 8.68. The van der Waals surface area contributed by atoms with Gasteiger partial charge in [-0.15, -0.1) is 0 Å². The molecular formula is C19H19ClN2O5. The zero-order chi connectivity index (χ0) is 20.0. The lowest BCUT2D eigenvalue weighted by Gasteiger charge is -2.15. The number of halogens is 1. The summed E-state index contributed by atoms with van der Waals surface area (Å²) in [5, 5.41) is 9.59. The van der Waals surface area contributed by atoms with E-state index in [2.05, 4.69) is 4.98 Å². The van der Waals surface area contributed by atoms with Gasteiger partial charge in [0.15, 0.2) is 18.1 Å². The Morgan fingerprint density at radius 3 is 2.48 bits per heavy atom. The van der Waals surface area contributed by atoms with E-state index in [0.717, 1.165) is 0 Å². The molecule has 0 spiro atoms. The maximum atomic E-state index is 12.1. The fourth-order valence-electron chi connectivity index (χ4n) is 2.47. The minimum Gasteiger partial charge on any atom is -0.490 e. The van der Waals surface area contributed by atoms with E-state index in [1.54, 1.807) is 32.9 Å². The van der Waals surface area contributed by atoms with Crippen molar-refractivity contribution < 1.29 is 19.0 Å². The number of hydrogen-bond acceptors (Lipinski definition) is 6. The normalized spacial score (nSPS) is 10.2. The van der Waals surface area contributed by atoms with Crippen molar-refractivity contribution in [2.24, 2.45) is 0 Å². The number of aryl methyl sites for hydroxylation is 1. The van der Waals surface area contributed by atoms with Crippen molar-refractivity contribution in [3.05, 3.63) is 44.8 Å². The molecule has 0 bridgehead atoms. The zero-order valence-corrected chi connectivity index (χ0v) is 16.0. The molecule has 27 heavy (non-hydrogen) atoms. The largest absolute Gasteiger partial charge is 0.490 e. The summed E-state index contributed by atoms with van der Waals surface area (Å²) in [4.78, 5) is 26.2. The van der Waals surface area contributed by atoms with Crippen molar-refractivity contribution in [3.63, 3.8) is 0 Å². The molecule has 1 aromatic heterocycles. The lowest BCUT2D eigenvalue weighted by Crippen LogP contribution is -2.15. The van der Waals surface area contributed by atoms with Crippen molar-refractivity contribution >= 4 is 17.6 Å². The number of hydrogen-bond donors (Lipinski definition) is 1. The van der Waals surface area contributed by atoms with E-state index in [-0.39, 0.29) is 29.5 Å². The summed E-state index contributed by atoms with van der Waals surface area (Å²) in [7, 11) is 0. The number of nitrogens with zero attached hydrogens (tertiary/aromatic N) is 1. The molecule has 0 amide bonds. The van der Waals surface area contributed by atoms with Gasteiger partial charge in [0.2, 0.25) is 0 Å². The summed E-state index contributed by atoms with van der Waals surface area (Å²) in [5.41, 5.74) is 0.885. The fraction of sp³-hybridized carbons (Fsp3) is 0.316. The summed E-state index contributed by atoms with van der Waals surface area (Å²) >= 11 is 6.37. The molecule has 0 radical (unpaired) electrons. The molecule has 8 heteroatoms. The van der Waals surface area contributed by atoms with Gasteiger partial charge in [-0.2, -0.15) is 5.26 Å². The van der Waals surface area contributed by atoms with Gasteiger partial charge in [-0.05, 0) is 32.9 Å². The van der Waals surface area contributed by atoms with Crippen LogP contribution in [0.25, 0.3) is 11.1 Å². The standard InChI is InChI=1S/C19H19ClN2O5/c1-4-25-16-7-13(12-6-11(3)22-19(24)14(12)9-21)15(20)8-17(16)27-10-18(23)26-5-2/h6-8H,4-5,10H2,1-3H3,(H,22,24). The third kappa shape index (κ3) is 4.80. The van der Waals surface area contributed by atoms with Crippen LogP contribution in [0.4, 0.5) is 0 Å². The number of nitriles is 1. The number of nitrogens with one attached hydrogen (secondary N) is 1. The monoisotopic (exact) mass is 390 g/mol. The Kier molecular flexibility index (Phi) is 6.85. The highest BCUT2D eigenvalue weighted by molar-refractivity contribution is 6.33. The lowest BCUT2D eigenvalue weighted by molar-refractivity contribution is -0.145. The number of benzene rings is 1. The number of esters is 1. The number of pyridine rings is 1. The van der Waals surface area contributed by atoms with Gasteiger partial charge < -0.3 is 19.2 Å². The molecule has 1 aromatic carbocycles. The molecule has 0 saturated carbocycles. The quantitative estimate of drug-likeness (QED) is 0.728. The highest BCUT2D eigenvalue weighted by atomic mass is 35.5. The Bertz CT molecular complexity index is 946. The van der Waals surface area contributed by atoms with Crippen molar-refractivity contribution in [3.8, 4) is 28.7 Å². The first-order chi connectivity index (χ1) is 12.9. The fourth-order valence-corrected chi connectivity index (χ4v) is 2.73. The van der Waals surface area contributed by atoms with Gasteiger partial charge in [0.05, 0.1) is 18.2 Å².